The van der Waals surface area contributed by atoms with E-state index in [4.69, 9.17) is 18.0 Å². The predicted molar refractivity (Wildman–Crippen MR) is 48.6 cm³/mol. The summed E-state index contributed by atoms with van der Waals surface area (Å²) in [6, 6.07) is 0. The van der Waals surface area contributed by atoms with Crippen molar-refractivity contribution in [2.45, 2.75) is 25.3 Å². The zero-order chi connectivity index (χ0) is 9.42. The van der Waals surface area contributed by atoms with Gasteiger partial charge in [-0.05, 0) is 25.1 Å². The number of H-pyrrole nitrogens is 1. The van der Waals surface area contributed by atoms with Crippen molar-refractivity contribution in [1.82, 2.24) is 14.8 Å². The molecule has 0 aromatic carbocycles. The van der Waals surface area contributed by atoms with Crippen molar-refractivity contribution < 1.29 is 4.79 Å². The fourth-order valence-corrected chi connectivity index (χ4v) is 1.50. The highest BCUT2D eigenvalue weighted by Gasteiger charge is 2.29. The molecule has 0 spiro atoms. The van der Waals surface area contributed by atoms with Crippen LogP contribution in [0.2, 0.25) is 0 Å². The summed E-state index contributed by atoms with van der Waals surface area (Å²) in [5.74, 6) is 0.940. The number of nitrogens with one attached hydrogen (secondary N) is 1. The summed E-state index contributed by atoms with van der Waals surface area (Å²) in [5, 5.41) is 6.74. The van der Waals surface area contributed by atoms with Crippen LogP contribution in [0, 0.1) is 4.77 Å². The first kappa shape index (κ1) is 8.43. The van der Waals surface area contributed by atoms with Crippen LogP contribution in [0.5, 0.6) is 0 Å². The second kappa shape index (κ2) is 2.95. The lowest BCUT2D eigenvalue weighted by atomic mass is 10.4. The summed E-state index contributed by atoms with van der Waals surface area (Å²) in [6.45, 7) is 0.126. The molecule has 13 heavy (non-hydrogen) atoms. The Morgan fingerprint density at radius 1 is 1.77 bits per heavy atom. The molecule has 1 aromatic heterocycles. The smallest absolute Gasteiger partial charge is 0.237 e. The summed E-state index contributed by atoms with van der Waals surface area (Å²) in [6.07, 6.45) is 2.25. The monoisotopic (exact) mass is 198 g/mol. The Balaban J connectivity index is 2.34. The molecule has 0 saturated heterocycles. The fraction of sp³-hybridized carbons (Fsp3) is 0.571. The van der Waals surface area contributed by atoms with Gasteiger partial charge in [0.15, 0.2) is 4.77 Å². The number of hydrogen-bond acceptors (Lipinski definition) is 3. The van der Waals surface area contributed by atoms with Crippen LogP contribution >= 0.6 is 12.2 Å². The summed E-state index contributed by atoms with van der Waals surface area (Å²) in [7, 11) is 0. The van der Waals surface area contributed by atoms with Crippen molar-refractivity contribution in [2.24, 2.45) is 5.73 Å². The van der Waals surface area contributed by atoms with Gasteiger partial charge in [0, 0.05) is 5.92 Å². The van der Waals surface area contributed by atoms with E-state index in [0.717, 1.165) is 18.7 Å². The van der Waals surface area contributed by atoms with Crippen LogP contribution in [0.1, 0.15) is 24.6 Å². The average Bonchev–Trinajstić information content (AvgIpc) is 2.81. The van der Waals surface area contributed by atoms with Crippen molar-refractivity contribution in [1.29, 1.82) is 0 Å². The first-order valence-corrected chi connectivity index (χ1v) is 4.52. The molecule has 3 N–H and O–H groups in total. The first-order chi connectivity index (χ1) is 6.18. The van der Waals surface area contributed by atoms with Gasteiger partial charge < -0.3 is 5.73 Å². The summed E-state index contributed by atoms with van der Waals surface area (Å²) >= 11 is 4.98. The van der Waals surface area contributed by atoms with E-state index in [0.29, 0.717) is 10.7 Å². The van der Waals surface area contributed by atoms with Crippen LogP contribution in [0.3, 0.4) is 0 Å². The summed E-state index contributed by atoms with van der Waals surface area (Å²) < 4.78 is 2.15. The number of rotatable bonds is 3. The van der Waals surface area contributed by atoms with Crippen LogP contribution in [0.15, 0.2) is 0 Å². The maximum Gasteiger partial charge on any atom is 0.237 e. The van der Waals surface area contributed by atoms with Crippen LogP contribution in [-0.2, 0) is 11.3 Å². The number of nitrogens with two attached hydrogens (primary N) is 1. The normalized spacial score (nSPS) is 16.0. The number of amides is 1. The van der Waals surface area contributed by atoms with E-state index in [1.54, 1.807) is 4.57 Å². The van der Waals surface area contributed by atoms with E-state index >= 15 is 0 Å². The van der Waals surface area contributed by atoms with E-state index in [1.165, 1.54) is 0 Å². The second-order valence-electron chi connectivity index (χ2n) is 3.21. The zero-order valence-electron chi connectivity index (χ0n) is 6.99. The van der Waals surface area contributed by atoms with E-state index in [1.807, 2.05) is 0 Å². The van der Waals surface area contributed by atoms with Crippen LogP contribution in [-0.4, -0.2) is 20.7 Å². The number of carbonyl (C=O) groups excluding carboxylic acids is 1. The van der Waals surface area contributed by atoms with Gasteiger partial charge in [-0.1, -0.05) is 0 Å². The molecule has 1 aliphatic rings. The SMILES string of the molecule is NC(=O)Cn1c(C2CC2)n[nH]c1=S. The van der Waals surface area contributed by atoms with E-state index in [9.17, 15) is 4.79 Å². The molecule has 6 heteroatoms. The number of aromatic amines is 1. The van der Waals surface area contributed by atoms with Crippen molar-refractivity contribution >= 4 is 18.1 Å². The van der Waals surface area contributed by atoms with Gasteiger partial charge in [-0.15, -0.1) is 0 Å². The van der Waals surface area contributed by atoms with Gasteiger partial charge in [0.2, 0.25) is 5.91 Å². The number of hydrogen-bond donors (Lipinski definition) is 2. The van der Waals surface area contributed by atoms with Gasteiger partial charge in [-0.3, -0.25) is 14.5 Å². The average molecular weight is 198 g/mol. The standard InChI is InChI=1S/C7H10N4OS/c8-5(12)3-11-6(4-1-2-4)9-10-7(11)13/h4H,1-3H2,(H2,8,12)(H,10,13). The molecule has 0 bridgehead atoms. The van der Waals surface area contributed by atoms with Crippen molar-refractivity contribution in [2.75, 3.05) is 0 Å². The molecule has 1 fully saturated rings. The highest BCUT2D eigenvalue weighted by Crippen LogP contribution is 2.38. The largest absolute Gasteiger partial charge is 0.368 e. The number of primary amides is 1. The van der Waals surface area contributed by atoms with Gasteiger partial charge in [-0.25, -0.2) is 0 Å². The minimum Gasteiger partial charge on any atom is -0.368 e. The second-order valence-corrected chi connectivity index (χ2v) is 3.60. The molecule has 0 radical (unpaired) electrons. The fourth-order valence-electron chi connectivity index (χ4n) is 1.29. The van der Waals surface area contributed by atoms with Crippen molar-refractivity contribution in [3.63, 3.8) is 0 Å². The molecular formula is C7H10N4OS. The van der Waals surface area contributed by atoms with Crippen LogP contribution in [0.4, 0.5) is 0 Å². The maximum atomic E-state index is 10.7. The molecule has 0 atom stereocenters. The predicted octanol–water partition coefficient (Wildman–Crippen LogP) is 0.303. The maximum absolute atomic E-state index is 10.7. The molecule has 5 nitrogen and oxygen atoms in total. The Morgan fingerprint density at radius 3 is 3.00 bits per heavy atom. The van der Waals surface area contributed by atoms with Gasteiger partial charge in [-0.2, -0.15) is 5.10 Å². The molecule has 0 aliphatic heterocycles. The Labute approximate surface area is 79.9 Å². The Hall–Kier alpha value is -1.17. The third-order valence-electron chi connectivity index (χ3n) is 2.04. The van der Waals surface area contributed by atoms with Crippen LogP contribution < -0.4 is 5.73 Å². The molecule has 2 rings (SSSR count). The minimum absolute atomic E-state index is 0.126. The minimum atomic E-state index is -0.389. The molecule has 1 aromatic rings. The molecule has 70 valence electrons. The van der Waals surface area contributed by atoms with Crippen LogP contribution in [0.25, 0.3) is 0 Å². The molecule has 1 heterocycles. The van der Waals surface area contributed by atoms with Crippen molar-refractivity contribution in [3.8, 4) is 0 Å². The van der Waals surface area contributed by atoms with Gasteiger partial charge in [0.05, 0.1) is 0 Å². The molecule has 1 aliphatic carbocycles. The Morgan fingerprint density at radius 2 is 2.46 bits per heavy atom. The van der Waals surface area contributed by atoms with Gasteiger partial charge in [0.1, 0.15) is 12.4 Å². The third kappa shape index (κ3) is 1.62. The number of nitrogens with zero attached hydrogens (tertiary/aromatic N) is 2. The Kier molecular flexibility index (Phi) is 1.91. The number of aromatic nitrogens is 3. The topological polar surface area (TPSA) is 76.7 Å². The molecule has 0 unspecified atom stereocenters. The van der Waals surface area contributed by atoms with Gasteiger partial charge in [0.25, 0.3) is 0 Å². The lowest BCUT2D eigenvalue weighted by molar-refractivity contribution is -0.118. The highest BCUT2D eigenvalue weighted by molar-refractivity contribution is 7.71. The van der Waals surface area contributed by atoms with Crippen molar-refractivity contribution in [3.05, 3.63) is 10.6 Å². The molecular weight excluding hydrogens is 188 g/mol. The summed E-state index contributed by atoms with van der Waals surface area (Å²) in [5.41, 5.74) is 5.09. The lowest BCUT2D eigenvalue weighted by Crippen LogP contribution is -2.20. The number of carbonyl (C=O) groups is 1. The third-order valence-corrected chi connectivity index (χ3v) is 2.36. The molecule has 1 saturated carbocycles. The zero-order valence-corrected chi connectivity index (χ0v) is 7.80. The lowest BCUT2D eigenvalue weighted by Gasteiger charge is -2.01. The highest BCUT2D eigenvalue weighted by atomic mass is 32.1. The van der Waals surface area contributed by atoms with E-state index in [-0.39, 0.29) is 12.5 Å². The quantitative estimate of drug-likeness (QED) is 0.686. The summed E-state index contributed by atoms with van der Waals surface area (Å²) in [4.78, 5) is 10.7. The first-order valence-electron chi connectivity index (χ1n) is 4.12. The van der Waals surface area contributed by atoms with E-state index in [2.05, 4.69) is 10.2 Å². The van der Waals surface area contributed by atoms with E-state index < -0.39 is 0 Å². The molecule has 1 amide bonds. The van der Waals surface area contributed by atoms with Gasteiger partial charge >= 0.3 is 0 Å². The Bertz CT molecular complexity index is 389.